The molecular formula is C13H13NO2. The van der Waals surface area contributed by atoms with Gasteiger partial charge in [-0.3, -0.25) is 4.79 Å². The topological polar surface area (TPSA) is 63.3 Å². The first kappa shape index (κ1) is 10.6. The van der Waals surface area contributed by atoms with Crippen LogP contribution in [0, 0.1) is 0 Å². The number of rotatable bonds is 2. The largest absolute Gasteiger partial charge is 0.507 e. The summed E-state index contributed by atoms with van der Waals surface area (Å²) >= 11 is 0. The molecular weight excluding hydrogens is 202 g/mol. The molecule has 0 aliphatic carbocycles. The highest BCUT2D eigenvalue weighted by molar-refractivity contribution is 6.12. The van der Waals surface area contributed by atoms with Gasteiger partial charge >= 0.3 is 0 Å². The van der Waals surface area contributed by atoms with Gasteiger partial charge in [-0.15, -0.1) is 0 Å². The molecule has 3 N–H and O–H groups in total. The molecule has 0 fully saturated rings. The second-order valence-electron chi connectivity index (χ2n) is 3.83. The van der Waals surface area contributed by atoms with E-state index in [2.05, 4.69) is 0 Å². The van der Waals surface area contributed by atoms with Gasteiger partial charge in [0.15, 0.2) is 5.78 Å². The molecule has 0 aliphatic heterocycles. The van der Waals surface area contributed by atoms with E-state index in [1.807, 2.05) is 24.3 Å². The Kier molecular flexibility index (Phi) is 2.62. The normalized spacial score (nSPS) is 12.6. The fourth-order valence-electron chi connectivity index (χ4n) is 1.75. The number of aromatic hydroxyl groups is 1. The van der Waals surface area contributed by atoms with Crippen LogP contribution in [-0.4, -0.2) is 16.9 Å². The first-order valence-electron chi connectivity index (χ1n) is 5.12. The van der Waals surface area contributed by atoms with Gasteiger partial charge in [0.25, 0.3) is 0 Å². The molecule has 0 saturated heterocycles. The van der Waals surface area contributed by atoms with E-state index in [0.717, 1.165) is 10.8 Å². The maximum absolute atomic E-state index is 11.9. The molecule has 0 saturated carbocycles. The number of ketones is 1. The molecule has 0 aromatic heterocycles. The molecule has 0 heterocycles. The van der Waals surface area contributed by atoms with Crippen molar-refractivity contribution in [2.75, 3.05) is 0 Å². The monoisotopic (exact) mass is 215 g/mol. The van der Waals surface area contributed by atoms with Crippen molar-refractivity contribution in [2.45, 2.75) is 13.0 Å². The molecule has 2 aromatic carbocycles. The summed E-state index contributed by atoms with van der Waals surface area (Å²) in [5.74, 6) is -0.254. The molecule has 1 atom stereocenters. The molecule has 2 aromatic rings. The van der Waals surface area contributed by atoms with Crippen molar-refractivity contribution >= 4 is 16.6 Å². The number of hydrogen-bond donors (Lipinski definition) is 2. The number of benzene rings is 2. The molecule has 3 heteroatoms. The average Bonchev–Trinajstić information content (AvgIpc) is 2.28. The third kappa shape index (κ3) is 1.66. The first-order chi connectivity index (χ1) is 7.61. The third-order valence-electron chi connectivity index (χ3n) is 2.57. The van der Waals surface area contributed by atoms with Crippen molar-refractivity contribution in [3.63, 3.8) is 0 Å². The molecule has 0 radical (unpaired) electrons. The number of Topliss-reactive ketones (excluding diaryl/α,β-unsaturated/α-hetero) is 1. The van der Waals surface area contributed by atoms with Crippen molar-refractivity contribution in [3.8, 4) is 5.75 Å². The zero-order chi connectivity index (χ0) is 11.7. The second kappa shape index (κ2) is 3.94. The molecule has 2 rings (SSSR count). The van der Waals surface area contributed by atoms with Gasteiger partial charge in [0.1, 0.15) is 5.75 Å². The summed E-state index contributed by atoms with van der Waals surface area (Å²) in [6.07, 6.45) is 0. The fraction of sp³-hybridized carbons (Fsp3) is 0.154. The lowest BCUT2D eigenvalue weighted by Gasteiger charge is -2.10. The molecule has 0 amide bonds. The zero-order valence-electron chi connectivity index (χ0n) is 8.97. The van der Waals surface area contributed by atoms with Gasteiger partial charge in [-0.05, 0) is 23.8 Å². The van der Waals surface area contributed by atoms with E-state index in [1.54, 1.807) is 13.0 Å². The lowest BCUT2D eigenvalue weighted by atomic mass is 9.97. The highest BCUT2D eigenvalue weighted by Crippen LogP contribution is 2.27. The fourth-order valence-corrected chi connectivity index (χ4v) is 1.75. The molecule has 82 valence electrons. The summed E-state index contributed by atoms with van der Waals surface area (Å²) in [7, 11) is 0. The summed E-state index contributed by atoms with van der Waals surface area (Å²) in [6.45, 7) is 1.61. The van der Waals surface area contributed by atoms with E-state index >= 15 is 0 Å². The Morgan fingerprint density at radius 3 is 2.62 bits per heavy atom. The van der Waals surface area contributed by atoms with Crippen LogP contribution in [0.1, 0.15) is 17.3 Å². The smallest absolute Gasteiger partial charge is 0.183 e. The maximum Gasteiger partial charge on any atom is 0.183 e. The van der Waals surface area contributed by atoms with Crippen LogP contribution in [0.4, 0.5) is 0 Å². The average molecular weight is 215 g/mol. The molecule has 0 spiro atoms. The lowest BCUT2D eigenvalue weighted by Crippen LogP contribution is -2.26. The number of nitrogens with two attached hydrogens (primary N) is 1. The van der Waals surface area contributed by atoms with Crippen LogP contribution in [0.2, 0.25) is 0 Å². The Labute approximate surface area is 93.5 Å². The van der Waals surface area contributed by atoms with Crippen LogP contribution in [0.5, 0.6) is 5.75 Å². The number of phenols is 1. The van der Waals surface area contributed by atoms with Crippen LogP contribution in [-0.2, 0) is 0 Å². The maximum atomic E-state index is 11.9. The predicted molar refractivity (Wildman–Crippen MR) is 63.6 cm³/mol. The van der Waals surface area contributed by atoms with Crippen molar-refractivity contribution in [1.29, 1.82) is 0 Å². The highest BCUT2D eigenvalue weighted by atomic mass is 16.3. The van der Waals surface area contributed by atoms with E-state index in [9.17, 15) is 9.90 Å². The van der Waals surface area contributed by atoms with E-state index < -0.39 is 6.04 Å². The number of phenolic OH excluding ortho intramolecular Hbond substituents is 1. The summed E-state index contributed by atoms with van der Waals surface area (Å²) in [6, 6.07) is 10.1. The Hall–Kier alpha value is -1.87. The van der Waals surface area contributed by atoms with Crippen LogP contribution < -0.4 is 5.73 Å². The molecule has 0 aliphatic rings. The van der Waals surface area contributed by atoms with Crippen LogP contribution >= 0.6 is 0 Å². The van der Waals surface area contributed by atoms with E-state index in [-0.39, 0.29) is 11.5 Å². The van der Waals surface area contributed by atoms with Crippen molar-refractivity contribution in [2.24, 2.45) is 5.73 Å². The van der Waals surface area contributed by atoms with Gasteiger partial charge in [-0.1, -0.05) is 30.3 Å². The van der Waals surface area contributed by atoms with E-state index in [4.69, 9.17) is 5.73 Å². The van der Waals surface area contributed by atoms with Gasteiger partial charge in [-0.25, -0.2) is 0 Å². The summed E-state index contributed by atoms with van der Waals surface area (Å²) in [5, 5.41) is 11.4. The summed E-state index contributed by atoms with van der Waals surface area (Å²) < 4.78 is 0. The Bertz CT molecular complexity index is 547. The molecule has 3 nitrogen and oxygen atoms in total. The van der Waals surface area contributed by atoms with E-state index in [0.29, 0.717) is 5.56 Å². The molecule has 1 unspecified atom stereocenters. The molecule has 16 heavy (non-hydrogen) atoms. The van der Waals surface area contributed by atoms with Gasteiger partial charge in [0.2, 0.25) is 0 Å². The number of carbonyl (C=O) groups is 1. The Morgan fingerprint density at radius 1 is 1.25 bits per heavy atom. The minimum absolute atomic E-state index is 0.0130. The molecule has 0 bridgehead atoms. The van der Waals surface area contributed by atoms with Crippen molar-refractivity contribution in [3.05, 3.63) is 42.0 Å². The minimum Gasteiger partial charge on any atom is -0.507 e. The van der Waals surface area contributed by atoms with Crippen LogP contribution in [0.3, 0.4) is 0 Å². The van der Waals surface area contributed by atoms with Crippen molar-refractivity contribution in [1.82, 2.24) is 0 Å². The van der Waals surface area contributed by atoms with Crippen molar-refractivity contribution < 1.29 is 9.90 Å². The number of hydrogen-bond acceptors (Lipinski definition) is 3. The first-order valence-corrected chi connectivity index (χ1v) is 5.12. The SMILES string of the molecule is CC(N)C(=O)c1c(O)ccc2ccccc12. The third-order valence-corrected chi connectivity index (χ3v) is 2.57. The Balaban J connectivity index is 2.75. The highest BCUT2D eigenvalue weighted by Gasteiger charge is 2.17. The summed E-state index contributed by atoms with van der Waals surface area (Å²) in [4.78, 5) is 11.9. The van der Waals surface area contributed by atoms with E-state index in [1.165, 1.54) is 6.07 Å². The Morgan fingerprint density at radius 2 is 1.94 bits per heavy atom. The van der Waals surface area contributed by atoms with Crippen LogP contribution in [0.15, 0.2) is 36.4 Å². The number of fused-ring (bicyclic) bond motifs is 1. The quantitative estimate of drug-likeness (QED) is 0.754. The second-order valence-corrected chi connectivity index (χ2v) is 3.83. The zero-order valence-corrected chi connectivity index (χ0v) is 8.97. The predicted octanol–water partition coefficient (Wildman–Crippen LogP) is 2.08. The lowest BCUT2D eigenvalue weighted by molar-refractivity contribution is 0.0967. The number of carbonyl (C=O) groups excluding carboxylic acids is 1. The van der Waals surface area contributed by atoms with Gasteiger partial charge in [-0.2, -0.15) is 0 Å². The van der Waals surface area contributed by atoms with Gasteiger partial charge in [0, 0.05) is 0 Å². The van der Waals surface area contributed by atoms with Gasteiger partial charge in [0.05, 0.1) is 11.6 Å². The minimum atomic E-state index is -0.614. The summed E-state index contributed by atoms with van der Waals surface area (Å²) in [5.41, 5.74) is 5.88. The standard InChI is InChI=1S/C13H13NO2/c1-8(14)13(16)12-10-5-3-2-4-9(10)6-7-11(12)15/h2-8,15H,14H2,1H3. The van der Waals surface area contributed by atoms with Gasteiger partial charge < -0.3 is 10.8 Å². The van der Waals surface area contributed by atoms with Crippen LogP contribution in [0.25, 0.3) is 10.8 Å².